The molecule has 0 unspecified atom stereocenters. The summed E-state index contributed by atoms with van der Waals surface area (Å²) in [5, 5.41) is 7.88. The first-order valence-corrected chi connectivity index (χ1v) is 4.23. The number of aryl methyl sites for hydroxylation is 2. The molecule has 2 aromatic heterocycles. The Labute approximate surface area is 81.0 Å². The average molecular weight is 190 g/mol. The van der Waals surface area contributed by atoms with E-state index in [2.05, 4.69) is 10.2 Å². The maximum atomic E-state index is 11.8. The summed E-state index contributed by atoms with van der Waals surface area (Å²) in [6, 6.07) is 1.71. The van der Waals surface area contributed by atoms with Crippen LogP contribution >= 0.6 is 0 Å². The van der Waals surface area contributed by atoms with E-state index in [4.69, 9.17) is 0 Å². The summed E-state index contributed by atoms with van der Waals surface area (Å²) in [6.45, 7) is 1.85. The van der Waals surface area contributed by atoms with Gasteiger partial charge in [0.25, 0.3) is 5.91 Å². The number of rotatable bonds is 1. The highest BCUT2D eigenvalue weighted by Gasteiger charge is 2.15. The minimum absolute atomic E-state index is 0.160. The zero-order valence-corrected chi connectivity index (χ0v) is 8.01. The molecule has 14 heavy (non-hydrogen) atoms. The van der Waals surface area contributed by atoms with Crippen LogP contribution in [-0.2, 0) is 7.05 Å². The van der Waals surface area contributed by atoms with Crippen LogP contribution in [-0.4, -0.2) is 25.5 Å². The number of carbonyl (C=O) groups is 1. The Morgan fingerprint density at radius 2 is 2.21 bits per heavy atom. The van der Waals surface area contributed by atoms with E-state index in [1.54, 1.807) is 36.4 Å². The van der Waals surface area contributed by atoms with Crippen molar-refractivity contribution in [2.24, 2.45) is 7.05 Å². The lowest BCUT2D eigenvalue weighted by molar-refractivity contribution is 0.0935. The van der Waals surface area contributed by atoms with Gasteiger partial charge >= 0.3 is 0 Å². The zero-order chi connectivity index (χ0) is 10.1. The summed E-state index contributed by atoms with van der Waals surface area (Å²) in [7, 11) is 1.74. The number of nitrogens with zero attached hydrogens (tertiary/aromatic N) is 4. The molecule has 0 spiro atoms. The van der Waals surface area contributed by atoms with Crippen molar-refractivity contribution in [2.75, 3.05) is 0 Å². The fourth-order valence-corrected chi connectivity index (χ4v) is 1.35. The molecule has 0 aliphatic rings. The van der Waals surface area contributed by atoms with Gasteiger partial charge < -0.3 is 0 Å². The highest BCUT2D eigenvalue weighted by molar-refractivity contribution is 5.94. The Bertz CT molecular complexity index is 436. The monoisotopic (exact) mass is 190 g/mol. The molecule has 0 aliphatic heterocycles. The van der Waals surface area contributed by atoms with Crippen LogP contribution in [0.2, 0.25) is 0 Å². The smallest absolute Gasteiger partial charge is 0.265 e. The van der Waals surface area contributed by atoms with Gasteiger partial charge in [0, 0.05) is 25.0 Å². The van der Waals surface area contributed by atoms with Gasteiger partial charge in [0.05, 0.1) is 6.20 Å². The van der Waals surface area contributed by atoms with Gasteiger partial charge in [-0.3, -0.25) is 9.48 Å². The largest absolute Gasteiger partial charge is 0.296 e. The molecule has 5 heteroatoms. The number of aromatic nitrogens is 4. The molecule has 2 rings (SSSR count). The van der Waals surface area contributed by atoms with Crippen molar-refractivity contribution >= 4 is 5.91 Å². The number of hydrogen-bond donors (Lipinski definition) is 0. The van der Waals surface area contributed by atoms with E-state index in [1.807, 2.05) is 6.92 Å². The van der Waals surface area contributed by atoms with Crippen LogP contribution in [0.4, 0.5) is 0 Å². The van der Waals surface area contributed by atoms with E-state index >= 15 is 0 Å². The third-order valence-corrected chi connectivity index (χ3v) is 2.04. The van der Waals surface area contributed by atoms with Gasteiger partial charge in [0.15, 0.2) is 0 Å². The molecule has 0 saturated carbocycles. The second kappa shape index (κ2) is 3.10. The van der Waals surface area contributed by atoms with Crippen molar-refractivity contribution in [1.82, 2.24) is 19.6 Å². The van der Waals surface area contributed by atoms with Gasteiger partial charge in [0.2, 0.25) is 0 Å². The van der Waals surface area contributed by atoms with E-state index in [1.165, 1.54) is 4.68 Å². The van der Waals surface area contributed by atoms with Crippen LogP contribution in [0, 0.1) is 6.92 Å². The van der Waals surface area contributed by atoms with Crippen molar-refractivity contribution in [3.8, 4) is 0 Å². The standard InChI is InChI=1S/C9H10N4O/c1-7-6-11-12(2)8(7)9(14)13-5-3-4-10-13/h3-6H,1-2H3. The van der Waals surface area contributed by atoms with Crippen LogP contribution in [0.3, 0.4) is 0 Å². The van der Waals surface area contributed by atoms with Crippen molar-refractivity contribution in [1.29, 1.82) is 0 Å². The third-order valence-electron chi connectivity index (χ3n) is 2.04. The minimum atomic E-state index is -0.160. The van der Waals surface area contributed by atoms with E-state index in [9.17, 15) is 4.79 Å². The van der Waals surface area contributed by atoms with Gasteiger partial charge in [-0.15, -0.1) is 0 Å². The molecule has 2 heterocycles. The molecule has 0 bridgehead atoms. The van der Waals surface area contributed by atoms with E-state index in [0.717, 1.165) is 5.56 Å². The normalized spacial score (nSPS) is 10.4. The molecular formula is C9H10N4O. The molecule has 72 valence electrons. The Morgan fingerprint density at radius 1 is 1.43 bits per heavy atom. The van der Waals surface area contributed by atoms with Gasteiger partial charge in [-0.05, 0) is 13.0 Å². The highest BCUT2D eigenvalue weighted by atomic mass is 16.2. The molecule has 0 radical (unpaired) electrons. The molecule has 0 aliphatic carbocycles. The van der Waals surface area contributed by atoms with Gasteiger partial charge in [0.1, 0.15) is 5.69 Å². The topological polar surface area (TPSA) is 52.7 Å². The Kier molecular flexibility index (Phi) is 1.92. The Morgan fingerprint density at radius 3 is 2.71 bits per heavy atom. The summed E-state index contributed by atoms with van der Waals surface area (Å²) in [5.74, 6) is -0.160. The van der Waals surface area contributed by atoms with E-state index < -0.39 is 0 Å². The minimum Gasteiger partial charge on any atom is -0.265 e. The first-order valence-electron chi connectivity index (χ1n) is 4.23. The molecule has 0 amide bonds. The lowest BCUT2D eigenvalue weighted by Gasteiger charge is -2.01. The summed E-state index contributed by atoms with van der Waals surface area (Å²) in [5.41, 5.74) is 1.42. The summed E-state index contributed by atoms with van der Waals surface area (Å²) < 4.78 is 2.85. The van der Waals surface area contributed by atoms with Gasteiger partial charge in [-0.2, -0.15) is 10.2 Å². The lowest BCUT2D eigenvalue weighted by atomic mass is 10.2. The van der Waals surface area contributed by atoms with E-state index in [-0.39, 0.29) is 5.91 Å². The Hall–Kier alpha value is -1.91. The molecule has 0 atom stereocenters. The molecular weight excluding hydrogens is 180 g/mol. The molecule has 0 N–H and O–H groups in total. The molecule has 5 nitrogen and oxygen atoms in total. The fourth-order valence-electron chi connectivity index (χ4n) is 1.35. The maximum absolute atomic E-state index is 11.8. The second-order valence-electron chi connectivity index (χ2n) is 3.06. The van der Waals surface area contributed by atoms with Gasteiger partial charge in [-0.25, -0.2) is 4.68 Å². The highest BCUT2D eigenvalue weighted by Crippen LogP contribution is 2.07. The third kappa shape index (κ3) is 1.22. The quantitative estimate of drug-likeness (QED) is 0.662. The molecule has 0 fully saturated rings. The number of hydrogen-bond acceptors (Lipinski definition) is 3. The van der Waals surface area contributed by atoms with Crippen LogP contribution in [0.5, 0.6) is 0 Å². The van der Waals surface area contributed by atoms with Gasteiger partial charge in [-0.1, -0.05) is 0 Å². The van der Waals surface area contributed by atoms with E-state index in [0.29, 0.717) is 5.69 Å². The van der Waals surface area contributed by atoms with Crippen molar-refractivity contribution in [2.45, 2.75) is 6.92 Å². The molecule has 0 aromatic carbocycles. The predicted molar refractivity (Wildman–Crippen MR) is 49.9 cm³/mol. The average Bonchev–Trinajstić information content (AvgIpc) is 2.75. The van der Waals surface area contributed by atoms with Crippen molar-refractivity contribution < 1.29 is 4.79 Å². The maximum Gasteiger partial charge on any atom is 0.296 e. The summed E-state index contributed by atoms with van der Waals surface area (Å²) in [4.78, 5) is 11.8. The Balaban J connectivity index is 2.46. The number of carbonyl (C=O) groups excluding carboxylic acids is 1. The van der Waals surface area contributed by atoms with Crippen LogP contribution in [0.15, 0.2) is 24.7 Å². The first-order chi connectivity index (χ1) is 6.70. The summed E-state index contributed by atoms with van der Waals surface area (Å²) >= 11 is 0. The van der Waals surface area contributed by atoms with Crippen LogP contribution in [0.1, 0.15) is 16.1 Å². The van der Waals surface area contributed by atoms with Crippen LogP contribution in [0.25, 0.3) is 0 Å². The zero-order valence-electron chi connectivity index (χ0n) is 8.01. The second-order valence-corrected chi connectivity index (χ2v) is 3.06. The summed E-state index contributed by atoms with van der Waals surface area (Å²) in [6.07, 6.45) is 4.86. The molecule has 0 saturated heterocycles. The SMILES string of the molecule is Cc1cnn(C)c1C(=O)n1cccn1. The predicted octanol–water partition coefficient (Wildman–Crippen LogP) is 0.614. The van der Waals surface area contributed by atoms with Crippen molar-refractivity contribution in [3.05, 3.63) is 35.9 Å². The molecule has 2 aromatic rings. The fraction of sp³-hybridized carbons (Fsp3) is 0.222. The first kappa shape index (κ1) is 8.68. The van der Waals surface area contributed by atoms with Crippen molar-refractivity contribution in [3.63, 3.8) is 0 Å². The lowest BCUT2D eigenvalue weighted by Crippen LogP contribution is -2.17. The van der Waals surface area contributed by atoms with Crippen LogP contribution < -0.4 is 0 Å².